The molecule has 0 amide bonds. The van der Waals surface area contributed by atoms with Crippen LogP contribution >= 0.6 is 15.9 Å². The minimum Gasteiger partial charge on any atom is -0.465 e. The molecule has 0 unspecified atom stereocenters. The van der Waals surface area contributed by atoms with Gasteiger partial charge in [0.15, 0.2) is 0 Å². The highest BCUT2D eigenvalue weighted by Crippen LogP contribution is 2.33. The van der Waals surface area contributed by atoms with Gasteiger partial charge in [0.25, 0.3) is 0 Å². The molecule has 134 valence electrons. The lowest BCUT2D eigenvalue weighted by atomic mass is 10.0. The number of halogens is 1. The van der Waals surface area contributed by atoms with Crippen LogP contribution in [0.5, 0.6) is 0 Å². The van der Waals surface area contributed by atoms with Gasteiger partial charge in [-0.2, -0.15) is 4.98 Å². The number of anilines is 3. The van der Waals surface area contributed by atoms with E-state index in [1.165, 1.54) is 12.7 Å². The van der Waals surface area contributed by atoms with Crippen molar-refractivity contribution in [2.75, 3.05) is 24.3 Å². The zero-order valence-electron chi connectivity index (χ0n) is 15.1. The van der Waals surface area contributed by atoms with Crippen molar-refractivity contribution in [2.45, 2.75) is 33.6 Å². The molecule has 0 fully saturated rings. The second-order valence-corrected chi connectivity index (χ2v) is 6.82. The number of nitrogens with zero attached hydrogens (tertiary/aromatic N) is 3. The van der Waals surface area contributed by atoms with Gasteiger partial charge in [0.2, 0.25) is 5.95 Å². The van der Waals surface area contributed by atoms with Crippen LogP contribution < -0.4 is 10.6 Å². The van der Waals surface area contributed by atoms with Crippen LogP contribution in [0.3, 0.4) is 0 Å². The fourth-order valence-corrected chi connectivity index (χ4v) is 3.19. The summed E-state index contributed by atoms with van der Waals surface area (Å²) in [5.41, 5.74) is 8.86. The molecule has 0 saturated carbocycles. The Labute approximate surface area is 156 Å². The summed E-state index contributed by atoms with van der Waals surface area (Å²) in [5, 5.41) is 0. The Balaban J connectivity index is 2.50. The number of rotatable bonds is 5. The van der Waals surface area contributed by atoms with Crippen molar-refractivity contribution in [1.29, 1.82) is 0 Å². The standard InChI is InChI=1S/C18H23BrN4O2/c1-6-23(14-8-7-12(10(2)3)9-13(14)19)18-21-11(4)15(16(20)22-18)17(24)25-5/h7-10H,6H2,1-5H3,(H2,20,21,22). The number of hydrogen-bond donors (Lipinski definition) is 1. The van der Waals surface area contributed by atoms with E-state index in [9.17, 15) is 4.79 Å². The highest BCUT2D eigenvalue weighted by atomic mass is 79.9. The Morgan fingerprint density at radius 3 is 2.52 bits per heavy atom. The maximum absolute atomic E-state index is 11.8. The van der Waals surface area contributed by atoms with Crippen molar-refractivity contribution in [3.63, 3.8) is 0 Å². The summed E-state index contributed by atoms with van der Waals surface area (Å²) in [7, 11) is 1.31. The predicted molar refractivity (Wildman–Crippen MR) is 103 cm³/mol. The maximum atomic E-state index is 11.8. The first-order valence-corrected chi connectivity index (χ1v) is 8.88. The third-order valence-corrected chi connectivity index (χ3v) is 4.62. The molecule has 0 aliphatic heterocycles. The van der Waals surface area contributed by atoms with E-state index < -0.39 is 5.97 Å². The number of esters is 1. The summed E-state index contributed by atoms with van der Waals surface area (Å²) >= 11 is 3.64. The summed E-state index contributed by atoms with van der Waals surface area (Å²) in [4.78, 5) is 22.6. The minimum absolute atomic E-state index is 0.114. The monoisotopic (exact) mass is 406 g/mol. The number of nitrogens with two attached hydrogens (primary N) is 1. The van der Waals surface area contributed by atoms with E-state index in [1.54, 1.807) is 6.92 Å². The Bertz CT molecular complexity index is 770. The second-order valence-electron chi connectivity index (χ2n) is 5.97. The Morgan fingerprint density at radius 1 is 1.36 bits per heavy atom. The van der Waals surface area contributed by atoms with Crippen LogP contribution in [-0.4, -0.2) is 29.6 Å². The Kier molecular flexibility index (Phi) is 6.00. The third kappa shape index (κ3) is 3.92. The van der Waals surface area contributed by atoms with Gasteiger partial charge in [0.05, 0.1) is 18.5 Å². The van der Waals surface area contributed by atoms with Gasteiger partial charge >= 0.3 is 5.97 Å². The molecular formula is C18H23BrN4O2. The Morgan fingerprint density at radius 2 is 2.04 bits per heavy atom. The second kappa shape index (κ2) is 7.82. The number of benzene rings is 1. The van der Waals surface area contributed by atoms with Crippen molar-refractivity contribution in [3.05, 3.63) is 39.5 Å². The number of methoxy groups -OCH3 is 1. The zero-order chi connectivity index (χ0) is 18.7. The molecule has 2 rings (SSSR count). The van der Waals surface area contributed by atoms with Gasteiger partial charge in [-0.1, -0.05) is 19.9 Å². The average Bonchev–Trinajstić information content (AvgIpc) is 2.55. The van der Waals surface area contributed by atoms with Crippen LogP contribution in [0, 0.1) is 6.92 Å². The molecule has 0 bridgehead atoms. The fraction of sp³-hybridized carbons (Fsp3) is 0.389. The summed E-state index contributed by atoms with van der Waals surface area (Å²) < 4.78 is 5.70. The number of nitrogen functional groups attached to an aromatic ring is 1. The van der Waals surface area contributed by atoms with E-state index in [-0.39, 0.29) is 11.4 Å². The van der Waals surface area contributed by atoms with Gasteiger partial charge in [0.1, 0.15) is 11.4 Å². The highest BCUT2D eigenvalue weighted by molar-refractivity contribution is 9.10. The van der Waals surface area contributed by atoms with Crippen LogP contribution in [0.1, 0.15) is 48.3 Å². The number of carbonyl (C=O) groups excluding carboxylic acids is 1. The first-order valence-electron chi connectivity index (χ1n) is 8.09. The van der Waals surface area contributed by atoms with Crippen LogP contribution in [0.25, 0.3) is 0 Å². The van der Waals surface area contributed by atoms with Crippen LogP contribution in [0.15, 0.2) is 22.7 Å². The normalized spacial score (nSPS) is 10.8. The lowest BCUT2D eigenvalue weighted by Crippen LogP contribution is -2.22. The first-order chi connectivity index (χ1) is 11.8. The predicted octanol–water partition coefficient (Wildman–Crippen LogP) is 4.20. The summed E-state index contributed by atoms with van der Waals surface area (Å²) in [5.74, 6) is 0.465. The molecule has 25 heavy (non-hydrogen) atoms. The molecule has 0 spiro atoms. The lowest BCUT2D eigenvalue weighted by molar-refractivity contribution is 0.0600. The highest BCUT2D eigenvalue weighted by Gasteiger charge is 2.21. The van der Waals surface area contributed by atoms with Crippen molar-refractivity contribution < 1.29 is 9.53 Å². The molecule has 0 radical (unpaired) electrons. The molecule has 1 heterocycles. The van der Waals surface area contributed by atoms with Gasteiger partial charge in [-0.15, -0.1) is 0 Å². The molecule has 0 atom stereocenters. The molecule has 0 aliphatic rings. The number of aryl methyl sites for hydroxylation is 1. The van der Waals surface area contributed by atoms with Crippen LogP contribution in [0.2, 0.25) is 0 Å². The van der Waals surface area contributed by atoms with Crippen LogP contribution in [-0.2, 0) is 4.74 Å². The van der Waals surface area contributed by atoms with Gasteiger partial charge in [-0.3, -0.25) is 0 Å². The molecule has 6 nitrogen and oxygen atoms in total. The van der Waals surface area contributed by atoms with Gasteiger partial charge in [0, 0.05) is 11.0 Å². The SMILES string of the molecule is CCN(c1nc(C)c(C(=O)OC)c(N)n1)c1ccc(C(C)C)cc1Br. The number of hydrogen-bond acceptors (Lipinski definition) is 6. The molecular weight excluding hydrogens is 384 g/mol. The largest absolute Gasteiger partial charge is 0.465 e. The summed E-state index contributed by atoms with van der Waals surface area (Å²) in [6.45, 7) is 8.68. The molecule has 0 saturated heterocycles. The first kappa shape index (κ1) is 19.2. The molecule has 2 aromatic rings. The van der Waals surface area contributed by atoms with Crippen LogP contribution in [0.4, 0.5) is 17.5 Å². The van der Waals surface area contributed by atoms with E-state index in [0.29, 0.717) is 24.1 Å². The minimum atomic E-state index is -0.535. The average molecular weight is 407 g/mol. The zero-order valence-corrected chi connectivity index (χ0v) is 16.7. The van der Waals surface area contributed by atoms with Gasteiger partial charge in [-0.25, -0.2) is 9.78 Å². The van der Waals surface area contributed by atoms with E-state index in [4.69, 9.17) is 10.5 Å². The van der Waals surface area contributed by atoms with Crippen molar-refractivity contribution in [3.8, 4) is 0 Å². The summed E-state index contributed by atoms with van der Waals surface area (Å²) in [6.07, 6.45) is 0. The number of ether oxygens (including phenoxy) is 1. The lowest BCUT2D eigenvalue weighted by Gasteiger charge is -2.24. The quantitative estimate of drug-likeness (QED) is 0.749. The number of carbonyl (C=O) groups is 1. The maximum Gasteiger partial charge on any atom is 0.343 e. The fourth-order valence-electron chi connectivity index (χ4n) is 2.58. The summed E-state index contributed by atoms with van der Waals surface area (Å²) in [6, 6.07) is 6.22. The van der Waals surface area contributed by atoms with Gasteiger partial charge < -0.3 is 15.4 Å². The smallest absolute Gasteiger partial charge is 0.343 e. The topological polar surface area (TPSA) is 81.3 Å². The molecule has 7 heteroatoms. The Hall–Kier alpha value is -2.15. The van der Waals surface area contributed by atoms with E-state index >= 15 is 0 Å². The van der Waals surface area contributed by atoms with Crippen molar-refractivity contribution in [1.82, 2.24) is 9.97 Å². The van der Waals surface area contributed by atoms with E-state index in [2.05, 4.69) is 51.9 Å². The van der Waals surface area contributed by atoms with E-state index in [1.807, 2.05) is 17.9 Å². The van der Waals surface area contributed by atoms with E-state index in [0.717, 1.165) is 10.2 Å². The molecule has 2 N–H and O–H groups in total. The molecule has 1 aromatic carbocycles. The molecule has 1 aromatic heterocycles. The third-order valence-electron chi connectivity index (χ3n) is 3.98. The number of aromatic nitrogens is 2. The van der Waals surface area contributed by atoms with Gasteiger partial charge in [-0.05, 0) is 53.4 Å². The van der Waals surface area contributed by atoms with Crippen molar-refractivity contribution in [2.24, 2.45) is 0 Å². The molecule has 0 aliphatic carbocycles. The van der Waals surface area contributed by atoms with Crippen molar-refractivity contribution >= 4 is 39.4 Å².